The maximum atomic E-state index is 14.8. The summed E-state index contributed by atoms with van der Waals surface area (Å²) in [6.07, 6.45) is 8.05. The average Bonchev–Trinajstić information content (AvgIpc) is 2.94. The molecule has 0 saturated carbocycles. The third-order valence-electron chi connectivity index (χ3n) is 5.34. The van der Waals surface area contributed by atoms with Gasteiger partial charge in [-0.3, -0.25) is 0 Å². The molecule has 0 saturated heterocycles. The number of benzene rings is 3. The standard InChI is InChI=1S/C29H20F8O2/c1-4-8-15(5-2)9-7-14-38-28-24(34)20(30)18(21(31)25(28)35)19-22(32)26(36)29(27(37)23(19)33)39-17-12-10-16(6-3)11-13-17/h5-13H,2-4,14H2,1H3/b9-7-,15-8-. The summed E-state index contributed by atoms with van der Waals surface area (Å²) in [5.74, 6) is -21.5. The van der Waals surface area contributed by atoms with Gasteiger partial charge in [-0.05, 0) is 35.8 Å². The van der Waals surface area contributed by atoms with Gasteiger partial charge in [0.25, 0.3) is 0 Å². The molecule has 0 aromatic heterocycles. The Morgan fingerprint density at radius 2 is 1.21 bits per heavy atom. The van der Waals surface area contributed by atoms with Crippen molar-refractivity contribution in [3.8, 4) is 28.4 Å². The maximum absolute atomic E-state index is 14.8. The Labute approximate surface area is 218 Å². The van der Waals surface area contributed by atoms with Crippen LogP contribution in [0.15, 0.2) is 67.3 Å². The Hall–Kier alpha value is -4.34. The number of hydrogen-bond acceptors (Lipinski definition) is 2. The predicted octanol–water partition coefficient (Wildman–Crippen LogP) is 9.36. The minimum Gasteiger partial charge on any atom is -0.483 e. The number of hydrogen-bond donors (Lipinski definition) is 0. The monoisotopic (exact) mass is 552 g/mol. The van der Waals surface area contributed by atoms with E-state index in [1.165, 1.54) is 48.6 Å². The zero-order valence-corrected chi connectivity index (χ0v) is 20.4. The van der Waals surface area contributed by atoms with Crippen molar-refractivity contribution in [3.63, 3.8) is 0 Å². The summed E-state index contributed by atoms with van der Waals surface area (Å²) in [7, 11) is 0. The third kappa shape index (κ3) is 5.89. The molecule has 0 bridgehead atoms. The minimum absolute atomic E-state index is 0.250. The zero-order chi connectivity index (χ0) is 28.9. The predicted molar refractivity (Wildman–Crippen MR) is 131 cm³/mol. The first-order chi connectivity index (χ1) is 18.6. The highest BCUT2D eigenvalue weighted by Gasteiger charge is 2.35. The lowest BCUT2D eigenvalue weighted by Crippen LogP contribution is -2.10. The van der Waals surface area contributed by atoms with Crippen molar-refractivity contribution >= 4 is 6.08 Å². The van der Waals surface area contributed by atoms with Crippen LogP contribution in [0.4, 0.5) is 35.1 Å². The molecule has 2 nitrogen and oxygen atoms in total. The van der Waals surface area contributed by atoms with Crippen LogP contribution < -0.4 is 9.47 Å². The van der Waals surface area contributed by atoms with E-state index in [4.69, 9.17) is 9.47 Å². The Bertz CT molecular complexity index is 1420. The van der Waals surface area contributed by atoms with E-state index in [0.717, 1.165) is 0 Å². The van der Waals surface area contributed by atoms with Gasteiger partial charge in [0, 0.05) is 0 Å². The minimum atomic E-state index is -2.35. The average molecular weight is 552 g/mol. The van der Waals surface area contributed by atoms with Gasteiger partial charge in [0.1, 0.15) is 12.4 Å². The number of allylic oxidation sites excluding steroid dienone is 4. The molecule has 204 valence electrons. The van der Waals surface area contributed by atoms with Gasteiger partial charge in [0.15, 0.2) is 29.0 Å². The van der Waals surface area contributed by atoms with E-state index in [0.29, 0.717) is 17.6 Å². The lowest BCUT2D eigenvalue weighted by atomic mass is 10.0. The molecule has 0 aliphatic rings. The molecule has 10 heteroatoms. The van der Waals surface area contributed by atoms with E-state index in [1.807, 2.05) is 6.92 Å². The van der Waals surface area contributed by atoms with Crippen LogP contribution in [0.2, 0.25) is 0 Å². The first kappa shape index (κ1) is 29.2. The first-order valence-electron chi connectivity index (χ1n) is 11.3. The van der Waals surface area contributed by atoms with Gasteiger partial charge >= 0.3 is 0 Å². The summed E-state index contributed by atoms with van der Waals surface area (Å²) in [5, 5.41) is 0. The van der Waals surface area contributed by atoms with Crippen LogP contribution in [0.25, 0.3) is 17.2 Å². The second kappa shape index (κ2) is 12.5. The van der Waals surface area contributed by atoms with Gasteiger partial charge in [-0.25, -0.2) is 17.6 Å². The van der Waals surface area contributed by atoms with Crippen LogP contribution in [-0.4, -0.2) is 6.61 Å². The number of halogens is 8. The molecule has 3 rings (SSSR count). The second-order valence-corrected chi connectivity index (χ2v) is 7.83. The Kier molecular flexibility index (Phi) is 9.34. The molecule has 0 radical (unpaired) electrons. The van der Waals surface area contributed by atoms with Gasteiger partial charge in [-0.2, -0.15) is 17.6 Å². The number of ether oxygens (including phenoxy) is 2. The Balaban J connectivity index is 2.04. The lowest BCUT2D eigenvalue weighted by molar-refractivity contribution is 0.302. The molecule has 39 heavy (non-hydrogen) atoms. The van der Waals surface area contributed by atoms with Gasteiger partial charge in [0.2, 0.25) is 29.0 Å². The fraction of sp³-hybridized carbons (Fsp3) is 0.103. The van der Waals surface area contributed by atoms with Crippen molar-refractivity contribution in [2.45, 2.75) is 13.3 Å². The Morgan fingerprint density at radius 3 is 1.64 bits per heavy atom. The molecule has 3 aromatic carbocycles. The van der Waals surface area contributed by atoms with E-state index in [2.05, 4.69) is 13.2 Å². The summed E-state index contributed by atoms with van der Waals surface area (Å²) in [4.78, 5) is 0. The fourth-order valence-electron chi connectivity index (χ4n) is 3.44. The normalized spacial score (nSPS) is 11.7. The zero-order valence-electron chi connectivity index (χ0n) is 20.4. The fourth-order valence-corrected chi connectivity index (χ4v) is 3.44. The van der Waals surface area contributed by atoms with Crippen LogP contribution >= 0.6 is 0 Å². The molecule has 0 aliphatic heterocycles. The van der Waals surface area contributed by atoms with Crippen molar-refractivity contribution in [1.29, 1.82) is 0 Å². The summed E-state index contributed by atoms with van der Waals surface area (Å²) >= 11 is 0. The smallest absolute Gasteiger partial charge is 0.205 e. The molecule has 3 aromatic rings. The molecule has 0 spiro atoms. The van der Waals surface area contributed by atoms with Crippen molar-refractivity contribution < 1.29 is 44.6 Å². The van der Waals surface area contributed by atoms with E-state index in [1.54, 1.807) is 6.08 Å². The summed E-state index contributed by atoms with van der Waals surface area (Å²) in [6.45, 7) is 8.35. The van der Waals surface area contributed by atoms with Crippen LogP contribution in [0.3, 0.4) is 0 Å². The molecule has 0 heterocycles. The van der Waals surface area contributed by atoms with Crippen molar-refractivity contribution in [1.82, 2.24) is 0 Å². The molecule has 0 N–H and O–H groups in total. The molecule has 0 amide bonds. The van der Waals surface area contributed by atoms with Crippen molar-refractivity contribution in [2.75, 3.05) is 6.61 Å². The van der Waals surface area contributed by atoms with Crippen molar-refractivity contribution in [2.24, 2.45) is 0 Å². The highest BCUT2D eigenvalue weighted by molar-refractivity contribution is 5.69. The third-order valence-corrected chi connectivity index (χ3v) is 5.34. The molecule has 0 aliphatic carbocycles. The van der Waals surface area contributed by atoms with Crippen LogP contribution in [0.1, 0.15) is 18.9 Å². The molecular weight excluding hydrogens is 532 g/mol. The van der Waals surface area contributed by atoms with Crippen LogP contribution in [0.5, 0.6) is 17.2 Å². The summed E-state index contributed by atoms with van der Waals surface area (Å²) < 4.78 is 128. The number of rotatable bonds is 10. The Morgan fingerprint density at radius 1 is 0.718 bits per heavy atom. The highest BCUT2D eigenvalue weighted by Crippen LogP contribution is 2.42. The van der Waals surface area contributed by atoms with Gasteiger partial charge < -0.3 is 9.47 Å². The summed E-state index contributed by atoms with van der Waals surface area (Å²) in [5.41, 5.74) is -2.81. The van der Waals surface area contributed by atoms with Gasteiger partial charge in [0.05, 0.1) is 11.1 Å². The molecule has 0 atom stereocenters. The molecular formula is C29H20F8O2. The van der Waals surface area contributed by atoms with Gasteiger partial charge in [-0.1, -0.05) is 56.5 Å². The quantitative estimate of drug-likeness (QED) is 0.142. The largest absolute Gasteiger partial charge is 0.483 e. The lowest BCUT2D eigenvalue weighted by Gasteiger charge is -2.16. The van der Waals surface area contributed by atoms with E-state index in [-0.39, 0.29) is 5.75 Å². The molecule has 0 unspecified atom stereocenters. The van der Waals surface area contributed by atoms with E-state index >= 15 is 0 Å². The summed E-state index contributed by atoms with van der Waals surface area (Å²) in [6, 6.07) is 5.23. The SMILES string of the molecule is C=CC(/C=C\COc1c(F)c(F)c(-c2c(F)c(F)c(Oc3ccc(C=C)cc3)c(F)c2F)c(F)c1F)=C/CC. The topological polar surface area (TPSA) is 18.5 Å². The van der Waals surface area contributed by atoms with Crippen molar-refractivity contribution in [3.05, 3.63) is 119 Å². The van der Waals surface area contributed by atoms with Crippen LogP contribution in [-0.2, 0) is 0 Å². The van der Waals surface area contributed by atoms with E-state index < -0.39 is 75.8 Å². The first-order valence-corrected chi connectivity index (χ1v) is 11.3. The molecule has 0 fully saturated rings. The van der Waals surface area contributed by atoms with Gasteiger partial charge in [-0.15, -0.1) is 0 Å². The van der Waals surface area contributed by atoms with Crippen LogP contribution in [0, 0.1) is 46.5 Å². The second-order valence-electron chi connectivity index (χ2n) is 7.83. The van der Waals surface area contributed by atoms with E-state index in [9.17, 15) is 35.1 Å². The highest BCUT2D eigenvalue weighted by atomic mass is 19.2. The maximum Gasteiger partial charge on any atom is 0.205 e.